The Balaban J connectivity index is 2.19. The van der Waals surface area contributed by atoms with E-state index in [0.717, 1.165) is 0 Å². The van der Waals surface area contributed by atoms with Gasteiger partial charge in [-0.1, -0.05) is 15.9 Å². The van der Waals surface area contributed by atoms with Crippen LogP contribution >= 0.6 is 15.9 Å². The number of aliphatic hydroxyl groups excluding tert-OH is 2. The topological polar surface area (TPSA) is 76.0 Å². The van der Waals surface area contributed by atoms with E-state index in [4.69, 9.17) is 14.6 Å². The van der Waals surface area contributed by atoms with Crippen LogP contribution in [0.25, 0.3) is 0 Å². The number of hydrogen-bond donors (Lipinski definition) is 2. The maximum Gasteiger partial charge on any atom is 0.323 e. The number of halogens is 1. The lowest BCUT2D eigenvalue weighted by atomic mass is 10.1. The summed E-state index contributed by atoms with van der Waals surface area (Å²) >= 11 is 3.04. The lowest BCUT2D eigenvalue weighted by Crippen LogP contribution is -2.31. The molecule has 2 heterocycles. The van der Waals surface area contributed by atoms with Crippen LogP contribution < -0.4 is 0 Å². The van der Waals surface area contributed by atoms with Gasteiger partial charge in [0.05, 0.1) is 0 Å². The predicted octanol–water partition coefficient (Wildman–Crippen LogP) is -1.25. The molecule has 0 aliphatic carbocycles. The minimum Gasteiger partial charge on any atom is -0.456 e. The van der Waals surface area contributed by atoms with E-state index < -0.39 is 35.4 Å². The molecular formula is C6H7BrO5. The maximum atomic E-state index is 10.9. The molecule has 2 aliphatic heterocycles. The van der Waals surface area contributed by atoms with Gasteiger partial charge in [0, 0.05) is 0 Å². The van der Waals surface area contributed by atoms with Crippen molar-refractivity contribution in [3.8, 4) is 0 Å². The maximum absolute atomic E-state index is 10.9. The number of hydrogen-bond acceptors (Lipinski definition) is 5. The van der Waals surface area contributed by atoms with Crippen molar-refractivity contribution >= 4 is 21.9 Å². The number of aliphatic hydroxyl groups is 2. The number of carbonyl (C=O) groups is 1. The van der Waals surface area contributed by atoms with Gasteiger partial charge in [0.25, 0.3) is 0 Å². The van der Waals surface area contributed by atoms with Gasteiger partial charge < -0.3 is 19.7 Å². The summed E-state index contributed by atoms with van der Waals surface area (Å²) in [6, 6.07) is 0. The first-order valence-electron chi connectivity index (χ1n) is 3.47. The van der Waals surface area contributed by atoms with E-state index in [-0.39, 0.29) is 0 Å². The Hall–Kier alpha value is -0.170. The third-order valence-corrected chi connectivity index (χ3v) is 2.91. The van der Waals surface area contributed by atoms with Crippen LogP contribution in [0.5, 0.6) is 0 Å². The van der Waals surface area contributed by atoms with Gasteiger partial charge in [-0.3, -0.25) is 4.79 Å². The fourth-order valence-electron chi connectivity index (χ4n) is 1.38. The molecule has 0 bridgehead atoms. The highest BCUT2D eigenvalue weighted by molar-refractivity contribution is 9.10. The summed E-state index contributed by atoms with van der Waals surface area (Å²) in [5.41, 5.74) is 0. The molecule has 0 aromatic heterocycles. The molecule has 5 atom stereocenters. The number of fused-ring (bicyclic) bond motifs is 1. The zero-order valence-electron chi connectivity index (χ0n) is 5.88. The van der Waals surface area contributed by atoms with Gasteiger partial charge in [-0.15, -0.1) is 0 Å². The summed E-state index contributed by atoms with van der Waals surface area (Å²) in [7, 11) is 0. The van der Waals surface area contributed by atoms with Crippen molar-refractivity contribution in [2.24, 2.45) is 0 Å². The van der Waals surface area contributed by atoms with E-state index in [1.54, 1.807) is 0 Å². The van der Waals surface area contributed by atoms with Crippen molar-refractivity contribution in [1.29, 1.82) is 0 Å². The Kier molecular flexibility index (Phi) is 1.87. The van der Waals surface area contributed by atoms with E-state index in [2.05, 4.69) is 15.9 Å². The molecule has 2 fully saturated rings. The Morgan fingerprint density at radius 1 is 1.33 bits per heavy atom. The molecule has 2 N–H and O–H groups in total. The lowest BCUT2D eigenvalue weighted by Gasteiger charge is -2.10. The molecule has 6 heteroatoms. The average Bonchev–Trinajstić information content (AvgIpc) is 2.43. The van der Waals surface area contributed by atoms with Gasteiger partial charge in [0.15, 0.2) is 12.4 Å². The molecule has 0 aromatic carbocycles. The number of alkyl halides is 1. The molecule has 68 valence electrons. The molecule has 5 nitrogen and oxygen atoms in total. The molecule has 0 amide bonds. The lowest BCUT2D eigenvalue weighted by molar-refractivity contribution is -0.154. The van der Waals surface area contributed by atoms with Crippen LogP contribution in [0.4, 0.5) is 0 Å². The second kappa shape index (κ2) is 2.66. The molecule has 0 spiro atoms. The van der Waals surface area contributed by atoms with Crippen LogP contribution in [0.3, 0.4) is 0 Å². The van der Waals surface area contributed by atoms with Gasteiger partial charge in [-0.2, -0.15) is 0 Å². The highest BCUT2D eigenvalue weighted by Crippen LogP contribution is 2.34. The Morgan fingerprint density at radius 3 is 2.58 bits per heavy atom. The minimum absolute atomic E-state index is 0.462. The minimum atomic E-state index is -1.26. The molecule has 0 aromatic rings. The molecular weight excluding hydrogens is 232 g/mol. The van der Waals surface area contributed by atoms with Gasteiger partial charge in [-0.25, -0.2) is 0 Å². The summed E-state index contributed by atoms with van der Waals surface area (Å²) in [5.74, 6) is -0.462. The zero-order chi connectivity index (χ0) is 8.88. The molecule has 2 saturated heterocycles. The van der Waals surface area contributed by atoms with E-state index in [1.165, 1.54) is 0 Å². The van der Waals surface area contributed by atoms with Crippen molar-refractivity contribution in [1.82, 2.24) is 0 Å². The number of carbonyl (C=O) groups excluding carboxylic acids is 1. The third-order valence-electron chi connectivity index (χ3n) is 2.01. The second-order valence-corrected chi connectivity index (χ2v) is 3.77. The molecule has 12 heavy (non-hydrogen) atoms. The van der Waals surface area contributed by atoms with E-state index in [1.807, 2.05) is 0 Å². The number of rotatable bonds is 0. The first-order chi connectivity index (χ1) is 5.61. The van der Waals surface area contributed by atoms with Crippen LogP contribution in [0.1, 0.15) is 0 Å². The van der Waals surface area contributed by atoms with Crippen LogP contribution in [0.2, 0.25) is 0 Å². The Morgan fingerprint density at radius 2 is 2.00 bits per heavy atom. The SMILES string of the molecule is O=C1O[C@H]2[C@H](OC(O)[C@@H]2O)[C@H]1Br. The number of ether oxygens (including phenoxy) is 2. The summed E-state index contributed by atoms with van der Waals surface area (Å²) in [5, 5.41) is 18.3. The molecule has 0 saturated carbocycles. The van der Waals surface area contributed by atoms with E-state index in [9.17, 15) is 9.90 Å². The Bertz CT molecular complexity index is 220. The van der Waals surface area contributed by atoms with Gasteiger partial charge in [-0.05, 0) is 0 Å². The van der Waals surface area contributed by atoms with Crippen LogP contribution in [0, 0.1) is 0 Å². The summed E-state index contributed by atoms with van der Waals surface area (Å²) in [6.07, 6.45) is -3.71. The largest absolute Gasteiger partial charge is 0.456 e. The highest BCUT2D eigenvalue weighted by atomic mass is 79.9. The first kappa shape index (κ1) is 8.43. The highest BCUT2D eigenvalue weighted by Gasteiger charge is 2.55. The van der Waals surface area contributed by atoms with E-state index in [0.29, 0.717) is 0 Å². The quantitative estimate of drug-likeness (QED) is 0.408. The summed E-state index contributed by atoms with van der Waals surface area (Å²) in [6.45, 7) is 0. The first-order valence-corrected chi connectivity index (χ1v) is 4.39. The van der Waals surface area contributed by atoms with Crippen molar-refractivity contribution in [3.63, 3.8) is 0 Å². The normalized spacial score (nSPS) is 52.2. The predicted molar refractivity (Wildman–Crippen MR) is 39.5 cm³/mol. The standard InChI is InChI=1S/C6H7BrO5/c7-1-3-4(12-5(1)9)2(8)6(10)11-3/h1-4,6,8,10H/t1-,2-,3-,4-,6?/m1/s1. The Labute approximate surface area is 76.4 Å². The third kappa shape index (κ3) is 0.990. The van der Waals surface area contributed by atoms with E-state index >= 15 is 0 Å². The zero-order valence-corrected chi connectivity index (χ0v) is 7.47. The van der Waals surface area contributed by atoms with Gasteiger partial charge >= 0.3 is 5.97 Å². The molecule has 2 rings (SSSR count). The summed E-state index contributed by atoms with van der Waals surface area (Å²) < 4.78 is 9.65. The molecule has 0 radical (unpaired) electrons. The fraction of sp³-hybridized carbons (Fsp3) is 0.833. The second-order valence-electron chi connectivity index (χ2n) is 2.79. The van der Waals surface area contributed by atoms with Crippen molar-refractivity contribution in [2.75, 3.05) is 0 Å². The van der Waals surface area contributed by atoms with Crippen LogP contribution in [-0.2, 0) is 14.3 Å². The molecule has 1 unspecified atom stereocenters. The van der Waals surface area contributed by atoms with Crippen LogP contribution in [0.15, 0.2) is 0 Å². The number of esters is 1. The molecule has 2 aliphatic rings. The van der Waals surface area contributed by atoms with Gasteiger partial charge in [0.1, 0.15) is 17.0 Å². The fourth-order valence-corrected chi connectivity index (χ4v) is 1.91. The van der Waals surface area contributed by atoms with Crippen molar-refractivity contribution < 1.29 is 24.5 Å². The van der Waals surface area contributed by atoms with Crippen molar-refractivity contribution in [2.45, 2.75) is 29.4 Å². The smallest absolute Gasteiger partial charge is 0.323 e. The monoisotopic (exact) mass is 238 g/mol. The average molecular weight is 239 g/mol. The van der Waals surface area contributed by atoms with Crippen LogP contribution in [-0.4, -0.2) is 45.6 Å². The van der Waals surface area contributed by atoms with Crippen molar-refractivity contribution in [3.05, 3.63) is 0 Å². The van der Waals surface area contributed by atoms with Gasteiger partial charge in [0.2, 0.25) is 0 Å². The summed E-state index contributed by atoms with van der Waals surface area (Å²) in [4.78, 5) is 10.3.